The summed E-state index contributed by atoms with van der Waals surface area (Å²) in [6.45, 7) is 5.36. The predicted octanol–water partition coefficient (Wildman–Crippen LogP) is 1.14. The highest BCUT2D eigenvalue weighted by Gasteiger charge is 2.32. The first-order chi connectivity index (χ1) is 8.48. The summed E-state index contributed by atoms with van der Waals surface area (Å²) in [6, 6.07) is 0. The van der Waals surface area contributed by atoms with E-state index < -0.39 is 11.5 Å². The van der Waals surface area contributed by atoms with E-state index in [1.807, 2.05) is 0 Å². The lowest BCUT2D eigenvalue weighted by molar-refractivity contribution is -0.147. The van der Waals surface area contributed by atoms with Gasteiger partial charge < -0.3 is 15.7 Å². The molecule has 0 saturated carbocycles. The van der Waals surface area contributed by atoms with Gasteiger partial charge in [-0.05, 0) is 51.6 Å². The van der Waals surface area contributed by atoms with Crippen molar-refractivity contribution in [2.45, 2.75) is 51.5 Å². The molecule has 1 amide bonds. The van der Waals surface area contributed by atoms with Gasteiger partial charge in [0.2, 0.25) is 5.91 Å². The molecule has 1 aliphatic rings. The second kappa shape index (κ2) is 6.73. The molecule has 1 unspecified atom stereocenters. The van der Waals surface area contributed by atoms with Crippen molar-refractivity contribution >= 4 is 11.9 Å². The van der Waals surface area contributed by atoms with E-state index in [9.17, 15) is 9.59 Å². The number of amides is 1. The number of rotatable bonds is 6. The van der Waals surface area contributed by atoms with Crippen LogP contribution in [0.15, 0.2) is 0 Å². The van der Waals surface area contributed by atoms with Crippen LogP contribution in [-0.2, 0) is 9.59 Å². The van der Waals surface area contributed by atoms with Gasteiger partial charge in [-0.15, -0.1) is 0 Å². The van der Waals surface area contributed by atoms with Crippen LogP contribution in [0.4, 0.5) is 0 Å². The van der Waals surface area contributed by atoms with E-state index in [2.05, 4.69) is 10.6 Å². The van der Waals surface area contributed by atoms with Gasteiger partial charge in [0.15, 0.2) is 0 Å². The van der Waals surface area contributed by atoms with E-state index >= 15 is 0 Å². The topological polar surface area (TPSA) is 78.4 Å². The summed E-state index contributed by atoms with van der Waals surface area (Å²) in [7, 11) is 0. The average molecular weight is 256 g/mol. The molecule has 5 nitrogen and oxygen atoms in total. The molecule has 0 bridgehead atoms. The third-order valence-corrected chi connectivity index (χ3v) is 3.83. The Bertz CT molecular complexity index is 301. The fourth-order valence-corrected chi connectivity index (χ4v) is 2.17. The zero-order valence-corrected chi connectivity index (χ0v) is 11.3. The van der Waals surface area contributed by atoms with Crippen LogP contribution in [0.3, 0.4) is 0 Å². The summed E-state index contributed by atoms with van der Waals surface area (Å²) < 4.78 is 0. The highest BCUT2D eigenvalue weighted by molar-refractivity contribution is 5.86. The van der Waals surface area contributed by atoms with Crippen molar-refractivity contribution in [1.82, 2.24) is 10.6 Å². The van der Waals surface area contributed by atoms with Crippen molar-refractivity contribution in [1.29, 1.82) is 0 Å². The fraction of sp³-hybridized carbons (Fsp3) is 0.846. The Hall–Kier alpha value is -1.10. The first-order valence-electron chi connectivity index (χ1n) is 6.73. The number of hydrogen-bond donors (Lipinski definition) is 3. The van der Waals surface area contributed by atoms with Gasteiger partial charge in [0.1, 0.15) is 5.54 Å². The van der Waals surface area contributed by atoms with Crippen molar-refractivity contribution in [3.05, 3.63) is 0 Å². The number of aliphatic carboxylic acids is 1. The van der Waals surface area contributed by atoms with E-state index in [1.165, 1.54) is 0 Å². The Morgan fingerprint density at radius 3 is 2.50 bits per heavy atom. The molecule has 1 heterocycles. The van der Waals surface area contributed by atoms with Crippen molar-refractivity contribution < 1.29 is 14.7 Å². The number of carbonyl (C=O) groups excluding carboxylic acids is 1. The molecular weight excluding hydrogens is 232 g/mol. The molecule has 1 fully saturated rings. The van der Waals surface area contributed by atoms with Crippen LogP contribution in [0.1, 0.15) is 46.0 Å². The van der Waals surface area contributed by atoms with Crippen molar-refractivity contribution in [2.75, 3.05) is 13.1 Å². The Morgan fingerprint density at radius 1 is 1.39 bits per heavy atom. The molecule has 5 heteroatoms. The molecule has 1 aliphatic heterocycles. The van der Waals surface area contributed by atoms with E-state index in [-0.39, 0.29) is 5.91 Å². The van der Waals surface area contributed by atoms with Gasteiger partial charge in [0.25, 0.3) is 0 Å². The van der Waals surface area contributed by atoms with E-state index in [4.69, 9.17) is 5.11 Å². The molecule has 0 aliphatic carbocycles. The second-order valence-electron chi connectivity index (χ2n) is 5.27. The Morgan fingerprint density at radius 2 is 2.00 bits per heavy atom. The third kappa shape index (κ3) is 4.29. The lowest BCUT2D eigenvalue weighted by atomic mass is 9.92. The smallest absolute Gasteiger partial charge is 0.329 e. The van der Waals surface area contributed by atoms with Crippen LogP contribution in [-0.4, -0.2) is 35.6 Å². The van der Waals surface area contributed by atoms with Crippen LogP contribution in [0.5, 0.6) is 0 Å². The minimum atomic E-state index is -1.13. The minimum Gasteiger partial charge on any atom is -0.480 e. The maximum absolute atomic E-state index is 11.8. The Balaban J connectivity index is 2.34. The monoisotopic (exact) mass is 256 g/mol. The van der Waals surface area contributed by atoms with Crippen LogP contribution in [0, 0.1) is 5.92 Å². The number of carboxylic acids is 1. The molecule has 0 spiro atoms. The lowest BCUT2D eigenvalue weighted by Gasteiger charge is -2.26. The van der Waals surface area contributed by atoms with Crippen LogP contribution < -0.4 is 10.6 Å². The molecule has 1 atom stereocenters. The third-order valence-electron chi connectivity index (χ3n) is 3.83. The molecule has 0 aromatic carbocycles. The van der Waals surface area contributed by atoms with Crippen molar-refractivity contribution in [2.24, 2.45) is 5.92 Å². The maximum Gasteiger partial charge on any atom is 0.329 e. The molecule has 1 rings (SSSR count). The van der Waals surface area contributed by atoms with Crippen LogP contribution >= 0.6 is 0 Å². The normalized spacial score (nSPS) is 20.1. The highest BCUT2D eigenvalue weighted by atomic mass is 16.4. The van der Waals surface area contributed by atoms with Gasteiger partial charge in [0.05, 0.1) is 0 Å². The van der Waals surface area contributed by atoms with E-state index in [1.54, 1.807) is 13.8 Å². The van der Waals surface area contributed by atoms with Gasteiger partial charge in [-0.2, -0.15) is 0 Å². The summed E-state index contributed by atoms with van der Waals surface area (Å²) >= 11 is 0. The zero-order valence-electron chi connectivity index (χ0n) is 11.3. The van der Waals surface area contributed by atoms with Gasteiger partial charge in [-0.3, -0.25) is 4.79 Å². The van der Waals surface area contributed by atoms with Gasteiger partial charge in [0, 0.05) is 6.42 Å². The standard InChI is InChI=1S/C13H24N2O3/c1-3-13(2,12(17)18)15-11(16)5-4-10-6-8-14-9-7-10/h10,14H,3-9H2,1-2H3,(H,15,16)(H,17,18). The predicted molar refractivity (Wildman–Crippen MR) is 69.3 cm³/mol. The fourth-order valence-electron chi connectivity index (χ4n) is 2.17. The molecule has 0 aromatic heterocycles. The lowest BCUT2D eigenvalue weighted by Crippen LogP contribution is -2.51. The molecule has 1 saturated heterocycles. The molecule has 0 aromatic rings. The summed E-state index contributed by atoms with van der Waals surface area (Å²) in [6.07, 6.45) is 3.89. The number of hydrogen-bond acceptors (Lipinski definition) is 3. The summed E-state index contributed by atoms with van der Waals surface area (Å²) in [5.74, 6) is -0.532. The SMILES string of the molecule is CCC(C)(NC(=O)CCC1CCNCC1)C(=O)O. The largest absolute Gasteiger partial charge is 0.480 e. The summed E-state index contributed by atoms with van der Waals surface area (Å²) in [5, 5.41) is 15.0. The maximum atomic E-state index is 11.8. The number of nitrogens with one attached hydrogen (secondary N) is 2. The Labute approximate surface area is 108 Å². The number of carboxylic acid groups (broad SMARTS) is 1. The summed E-state index contributed by atoms with van der Waals surface area (Å²) in [4.78, 5) is 22.8. The molecular formula is C13H24N2O3. The van der Waals surface area contributed by atoms with Crippen LogP contribution in [0.25, 0.3) is 0 Å². The van der Waals surface area contributed by atoms with E-state index in [0.717, 1.165) is 32.4 Å². The van der Waals surface area contributed by atoms with Crippen molar-refractivity contribution in [3.63, 3.8) is 0 Å². The van der Waals surface area contributed by atoms with E-state index in [0.29, 0.717) is 18.8 Å². The second-order valence-corrected chi connectivity index (χ2v) is 5.27. The Kier molecular flexibility index (Phi) is 5.59. The first-order valence-corrected chi connectivity index (χ1v) is 6.73. The number of piperidine rings is 1. The molecule has 0 radical (unpaired) electrons. The van der Waals surface area contributed by atoms with Crippen LogP contribution in [0.2, 0.25) is 0 Å². The molecule has 3 N–H and O–H groups in total. The van der Waals surface area contributed by atoms with Gasteiger partial charge in [-0.1, -0.05) is 6.92 Å². The highest BCUT2D eigenvalue weighted by Crippen LogP contribution is 2.18. The minimum absolute atomic E-state index is 0.153. The van der Waals surface area contributed by atoms with Crippen molar-refractivity contribution in [3.8, 4) is 0 Å². The first kappa shape index (κ1) is 15.0. The number of carbonyl (C=O) groups is 2. The summed E-state index contributed by atoms with van der Waals surface area (Å²) in [5.41, 5.74) is -1.13. The van der Waals surface area contributed by atoms with Gasteiger partial charge in [-0.25, -0.2) is 4.79 Å². The average Bonchev–Trinajstić information content (AvgIpc) is 2.37. The molecule has 104 valence electrons. The quantitative estimate of drug-likeness (QED) is 0.666. The van der Waals surface area contributed by atoms with Gasteiger partial charge >= 0.3 is 5.97 Å². The zero-order chi connectivity index (χ0) is 13.6. The molecule has 18 heavy (non-hydrogen) atoms.